The molecule has 6 heteroatoms. The number of carboxylic acids is 1. The van der Waals surface area contributed by atoms with E-state index in [1.165, 1.54) is 62.5 Å². The Kier molecular flexibility index (Phi) is 8.85. The highest BCUT2D eigenvalue weighted by molar-refractivity contribution is 5.88. The van der Waals surface area contributed by atoms with Gasteiger partial charge in [0.15, 0.2) is 0 Å². The van der Waals surface area contributed by atoms with E-state index in [0.717, 1.165) is 39.0 Å². The van der Waals surface area contributed by atoms with Crippen LogP contribution >= 0.6 is 0 Å². The van der Waals surface area contributed by atoms with Crippen molar-refractivity contribution < 1.29 is 14.7 Å². The van der Waals surface area contributed by atoms with Crippen LogP contribution in [0.5, 0.6) is 0 Å². The number of carboxylic acid groups (broad SMARTS) is 1. The zero-order chi connectivity index (χ0) is 34.8. The fraction of sp³-hybridized carbons (Fsp3) is 0.698. The minimum absolute atomic E-state index is 0.0226. The standard InChI is InChI=1S/C43H61N3O3/c1-7-29-15-20-43(28-44-23-8-25-46-26-24-45-36(47)27-46)22-21-41(5)33(37(29)43)13-14-35-40(4)18-16-32(30-9-11-31(12-10-30)38(48)49)39(2,3)34(40)17-19-42(35,41)6/h7,9-12,16,28-29,33-35,37H,1,8,13-15,17-27H2,2-6H3,(H,45,47)(H,48,49). The van der Waals surface area contributed by atoms with E-state index in [9.17, 15) is 14.7 Å². The first kappa shape index (κ1) is 34.7. The number of amides is 1. The van der Waals surface area contributed by atoms with E-state index in [-0.39, 0.29) is 22.2 Å². The van der Waals surface area contributed by atoms with Gasteiger partial charge < -0.3 is 10.4 Å². The molecular weight excluding hydrogens is 606 g/mol. The highest BCUT2D eigenvalue weighted by Gasteiger charge is 2.70. The Morgan fingerprint density at radius 2 is 1.78 bits per heavy atom. The average molecular weight is 668 g/mol. The van der Waals surface area contributed by atoms with E-state index >= 15 is 0 Å². The molecule has 266 valence electrons. The maximum Gasteiger partial charge on any atom is 0.335 e. The molecule has 0 radical (unpaired) electrons. The molecule has 7 rings (SSSR count). The number of allylic oxidation sites excluding steroid dienone is 3. The number of carbonyl (C=O) groups is 2. The number of piperazine rings is 1. The normalized spacial score (nSPS) is 41.5. The summed E-state index contributed by atoms with van der Waals surface area (Å²) in [4.78, 5) is 30.8. The third kappa shape index (κ3) is 5.40. The molecule has 9 atom stereocenters. The number of nitrogens with zero attached hydrogens (tertiary/aromatic N) is 2. The molecule has 0 aromatic heterocycles. The molecule has 6 aliphatic rings. The molecule has 1 heterocycles. The number of hydrogen-bond donors (Lipinski definition) is 2. The SMILES string of the molecule is C=CC1CCC2(C=NCCCN3CCNC(=O)C3)CCC3(C)C(CCC4C5(C)CC=C(c6ccc(C(=O)O)cc6)C(C)(C)C5CCC43C)C12. The van der Waals surface area contributed by atoms with Crippen molar-refractivity contribution in [3.05, 3.63) is 54.1 Å². The lowest BCUT2D eigenvalue weighted by Gasteiger charge is -2.72. The molecule has 6 nitrogen and oxygen atoms in total. The summed E-state index contributed by atoms with van der Waals surface area (Å²) in [7, 11) is 0. The molecule has 5 fully saturated rings. The molecule has 2 N–H and O–H groups in total. The van der Waals surface area contributed by atoms with Crippen molar-refractivity contribution >= 4 is 23.7 Å². The lowest BCUT2D eigenvalue weighted by atomic mass is 9.32. The second kappa shape index (κ2) is 12.5. The Bertz CT molecular complexity index is 1530. The zero-order valence-corrected chi connectivity index (χ0v) is 30.9. The van der Waals surface area contributed by atoms with Crippen molar-refractivity contribution in [2.45, 2.75) is 98.8 Å². The van der Waals surface area contributed by atoms with E-state index in [1.807, 2.05) is 12.1 Å². The summed E-state index contributed by atoms with van der Waals surface area (Å²) in [6.45, 7) is 21.4. The molecule has 9 unspecified atom stereocenters. The van der Waals surface area contributed by atoms with E-state index < -0.39 is 5.97 Å². The van der Waals surface area contributed by atoms with Crippen LogP contribution in [-0.2, 0) is 4.79 Å². The van der Waals surface area contributed by atoms with Crippen LogP contribution in [0.15, 0.2) is 48.0 Å². The van der Waals surface area contributed by atoms with Crippen LogP contribution in [0, 0.1) is 56.7 Å². The summed E-state index contributed by atoms with van der Waals surface area (Å²) in [6.07, 6.45) is 19.6. The lowest BCUT2D eigenvalue weighted by molar-refractivity contribution is -0.219. The van der Waals surface area contributed by atoms with Gasteiger partial charge in [-0.05, 0) is 139 Å². The van der Waals surface area contributed by atoms with E-state index in [2.05, 4.69) is 69.8 Å². The number of hydrogen-bond acceptors (Lipinski definition) is 4. The fourth-order valence-electron chi connectivity index (χ4n) is 13.6. The molecule has 0 bridgehead atoms. The molecular formula is C43H61N3O3. The molecule has 49 heavy (non-hydrogen) atoms. The molecule has 5 aliphatic carbocycles. The number of rotatable bonds is 8. The van der Waals surface area contributed by atoms with Gasteiger partial charge in [0.1, 0.15) is 0 Å². The summed E-state index contributed by atoms with van der Waals surface area (Å²) in [6, 6.07) is 7.60. The Balaban J connectivity index is 1.12. The number of benzene rings is 1. The third-order valence-electron chi connectivity index (χ3n) is 16.1. The summed E-state index contributed by atoms with van der Waals surface area (Å²) in [5.74, 6) is 2.46. The lowest BCUT2D eigenvalue weighted by Crippen LogP contribution is -2.65. The van der Waals surface area contributed by atoms with Gasteiger partial charge in [-0.2, -0.15) is 0 Å². The first-order chi connectivity index (χ1) is 23.3. The monoisotopic (exact) mass is 667 g/mol. The van der Waals surface area contributed by atoms with E-state index in [4.69, 9.17) is 4.99 Å². The van der Waals surface area contributed by atoms with Gasteiger partial charge in [0, 0.05) is 37.8 Å². The minimum Gasteiger partial charge on any atom is -0.478 e. The Hall–Kier alpha value is -2.73. The van der Waals surface area contributed by atoms with Crippen molar-refractivity contribution in [3.8, 4) is 0 Å². The molecule has 1 aromatic carbocycles. The van der Waals surface area contributed by atoms with Crippen molar-refractivity contribution in [1.29, 1.82) is 0 Å². The highest BCUT2D eigenvalue weighted by Crippen LogP contribution is 2.77. The zero-order valence-electron chi connectivity index (χ0n) is 30.9. The van der Waals surface area contributed by atoms with Crippen LogP contribution < -0.4 is 5.32 Å². The van der Waals surface area contributed by atoms with Crippen LogP contribution in [0.3, 0.4) is 0 Å². The summed E-state index contributed by atoms with van der Waals surface area (Å²) in [5, 5.41) is 12.4. The molecule has 1 aromatic rings. The van der Waals surface area contributed by atoms with Gasteiger partial charge in [0.05, 0.1) is 12.1 Å². The predicted molar refractivity (Wildman–Crippen MR) is 199 cm³/mol. The van der Waals surface area contributed by atoms with Crippen LogP contribution in [0.4, 0.5) is 0 Å². The molecule has 1 saturated heterocycles. The van der Waals surface area contributed by atoms with Crippen molar-refractivity contribution in [3.63, 3.8) is 0 Å². The maximum atomic E-state index is 11.8. The van der Waals surface area contributed by atoms with E-state index in [1.54, 1.807) is 12.1 Å². The van der Waals surface area contributed by atoms with Crippen LogP contribution in [-0.4, -0.2) is 60.8 Å². The van der Waals surface area contributed by atoms with Crippen LogP contribution in [0.2, 0.25) is 0 Å². The number of carbonyl (C=O) groups excluding carboxylic acids is 1. The van der Waals surface area contributed by atoms with Gasteiger partial charge in [-0.1, -0.05) is 58.9 Å². The minimum atomic E-state index is -0.864. The van der Waals surface area contributed by atoms with Gasteiger partial charge >= 0.3 is 5.97 Å². The van der Waals surface area contributed by atoms with Gasteiger partial charge in [-0.15, -0.1) is 6.58 Å². The first-order valence-electron chi connectivity index (χ1n) is 19.5. The fourth-order valence-corrected chi connectivity index (χ4v) is 13.6. The quantitative estimate of drug-likeness (QED) is 0.165. The number of aliphatic imine (C=N–C) groups is 1. The van der Waals surface area contributed by atoms with Gasteiger partial charge in [-0.25, -0.2) is 4.79 Å². The number of fused-ring (bicyclic) bond motifs is 7. The van der Waals surface area contributed by atoms with Gasteiger partial charge in [0.25, 0.3) is 0 Å². The average Bonchev–Trinajstić information content (AvgIpc) is 3.43. The molecule has 0 spiro atoms. The number of nitrogens with one attached hydrogen (secondary N) is 1. The van der Waals surface area contributed by atoms with Gasteiger partial charge in [0.2, 0.25) is 5.91 Å². The summed E-state index contributed by atoms with van der Waals surface area (Å²) < 4.78 is 0. The number of aromatic carboxylic acids is 1. The van der Waals surface area contributed by atoms with Crippen molar-refractivity contribution in [1.82, 2.24) is 10.2 Å². The maximum absolute atomic E-state index is 11.8. The molecule has 4 saturated carbocycles. The highest BCUT2D eigenvalue weighted by atomic mass is 16.4. The summed E-state index contributed by atoms with van der Waals surface area (Å²) >= 11 is 0. The largest absolute Gasteiger partial charge is 0.478 e. The van der Waals surface area contributed by atoms with E-state index in [0.29, 0.717) is 52.5 Å². The van der Waals surface area contributed by atoms with Crippen molar-refractivity contribution in [2.24, 2.45) is 61.7 Å². The second-order valence-corrected chi connectivity index (χ2v) is 18.3. The third-order valence-corrected chi connectivity index (χ3v) is 16.1. The Morgan fingerprint density at radius 1 is 1.00 bits per heavy atom. The first-order valence-corrected chi connectivity index (χ1v) is 19.5. The summed E-state index contributed by atoms with van der Waals surface area (Å²) in [5.41, 5.74) is 3.99. The van der Waals surface area contributed by atoms with Crippen LogP contribution in [0.25, 0.3) is 5.57 Å². The molecule has 1 aliphatic heterocycles. The Labute approximate surface area is 295 Å². The van der Waals surface area contributed by atoms with Gasteiger partial charge in [-0.3, -0.25) is 14.7 Å². The topological polar surface area (TPSA) is 82.0 Å². The van der Waals surface area contributed by atoms with Crippen molar-refractivity contribution in [2.75, 3.05) is 32.7 Å². The molecule has 1 amide bonds. The predicted octanol–water partition coefficient (Wildman–Crippen LogP) is 8.54. The second-order valence-electron chi connectivity index (χ2n) is 18.3. The smallest absolute Gasteiger partial charge is 0.335 e. The van der Waals surface area contributed by atoms with Crippen LogP contribution in [0.1, 0.15) is 115 Å². The Morgan fingerprint density at radius 3 is 2.49 bits per heavy atom.